The Labute approximate surface area is 224 Å². The number of hydrogen-bond donors (Lipinski definition) is 1. The van der Waals surface area contributed by atoms with Gasteiger partial charge >= 0.3 is 5.97 Å². The van der Waals surface area contributed by atoms with Crippen molar-refractivity contribution in [2.75, 3.05) is 36.7 Å². The van der Waals surface area contributed by atoms with Gasteiger partial charge in [0.25, 0.3) is 0 Å². The maximum atomic E-state index is 12.9. The summed E-state index contributed by atoms with van der Waals surface area (Å²) in [6.07, 6.45) is 0. The van der Waals surface area contributed by atoms with Crippen LogP contribution in [0.25, 0.3) is 22.5 Å². The van der Waals surface area contributed by atoms with Gasteiger partial charge in [0.15, 0.2) is 11.0 Å². The van der Waals surface area contributed by atoms with E-state index in [0.29, 0.717) is 22.3 Å². The zero-order valence-corrected chi connectivity index (χ0v) is 22.9. The smallest absolute Gasteiger partial charge is 0.341 e. The lowest BCUT2D eigenvalue weighted by Crippen LogP contribution is -2.16. The monoisotopic (exact) mass is 535 g/mol. The van der Waals surface area contributed by atoms with Crippen molar-refractivity contribution < 1.29 is 14.3 Å². The summed E-state index contributed by atoms with van der Waals surface area (Å²) in [5.74, 6) is 0.181. The minimum Gasteiger partial charge on any atom is -0.462 e. The van der Waals surface area contributed by atoms with E-state index in [2.05, 4.69) is 21.6 Å². The van der Waals surface area contributed by atoms with Gasteiger partial charge in [-0.1, -0.05) is 54.2 Å². The molecule has 0 atom stereocenters. The number of esters is 1. The minimum absolute atomic E-state index is 0.122. The van der Waals surface area contributed by atoms with Gasteiger partial charge in [0.1, 0.15) is 10.6 Å². The van der Waals surface area contributed by atoms with Crippen molar-refractivity contribution >= 4 is 45.7 Å². The number of carbonyl (C=O) groups is 2. The summed E-state index contributed by atoms with van der Waals surface area (Å²) < 4.78 is 7.28. The van der Waals surface area contributed by atoms with Crippen LogP contribution in [-0.2, 0) is 16.1 Å². The molecule has 0 bridgehead atoms. The number of aromatic nitrogens is 3. The van der Waals surface area contributed by atoms with E-state index in [1.54, 1.807) is 6.92 Å². The van der Waals surface area contributed by atoms with Crippen LogP contribution < -0.4 is 10.2 Å². The third-order valence-electron chi connectivity index (χ3n) is 5.59. The lowest BCUT2D eigenvalue weighted by molar-refractivity contribution is -0.113. The molecule has 0 saturated heterocycles. The summed E-state index contributed by atoms with van der Waals surface area (Å²) >= 11 is 2.62. The van der Waals surface area contributed by atoms with E-state index >= 15 is 0 Å². The van der Waals surface area contributed by atoms with Gasteiger partial charge in [-0.15, -0.1) is 21.5 Å². The van der Waals surface area contributed by atoms with Crippen molar-refractivity contribution in [3.8, 4) is 22.5 Å². The zero-order valence-electron chi connectivity index (χ0n) is 21.2. The molecular formula is C27H29N5O3S2. The van der Waals surface area contributed by atoms with Crippen molar-refractivity contribution in [3.63, 3.8) is 0 Å². The fourth-order valence-corrected chi connectivity index (χ4v) is 5.57. The van der Waals surface area contributed by atoms with Gasteiger partial charge in [-0.05, 0) is 31.5 Å². The number of thiophene rings is 1. The van der Waals surface area contributed by atoms with Gasteiger partial charge in [-0.25, -0.2) is 4.79 Å². The Morgan fingerprint density at radius 3 is 2.51 bits per heavy atom. The van der Waals surface area contributed by atoms with Crippen LogP contribution in [0.3, 0.4) is 0 Å². The maximum Gasteiger partial charge on any atom is 0.341 e. The number of thioether (sulfide) groups is 1. The molecule has 0 spiro atoms. The Kier molecular flexibility index (Phi) is 8.62. The van der Waals surface area contributed by atoms with E-state index in [4.69, 9.17) is 4.74 Å². The van der Waals surface area contributed by atoms with E-state index < -0.39 is 5.97 Å². The second kappa shape index (κ2) is 12.1. The molecule has 4 rings (SSSR count). The van der Waals surface area contributed by atoms with E-state index in [-0.39, 0.29) is 18.3 Å². The second-order valence-electron chi connectivity index (χ2n) is 8.27. The van der Waals surface area contributed by atoms with Gasteiger partial charge in [-0.3, -0.25) is 4.79 Å². The molecule has 0 aliphatic carbocycles. The molecule has 2 aromatic heterocycles. The molecule has 1 N–H and O–H groups in total. The third kappa shape index (κ3) is 6.03. The van der Waals surface area contributed by atoms with Crippen LogP contribution in [0.4, 0.5) is 10.7 Å². The van der Waals surface area contributed by atoms with Crippen LogP contribution in [0.15, 0.2) is 65.1 Å². The number of nitrogens with one attached hydrogen (secondary N) is 1. The molecule has 10 heteroatoms. The number of hydrogen-bond acceptors (Lipinski definition) is 8. The van der Waals surface area contributed by atoms with Crippen LogP contribution in [0.2, 0.25) is 0 Å². The van der Waals surface area contributed by atoms with E-state index in [1.165, 1.54) is 23.1 Å². The summed E-state index contributed by atoms with van der Waals surface area (Å²) in [6, 6.07) is 17.7. The normalized spacial score (nSPS) is 10.8. The summed E-state index contributed by atoms with van der Waals surface area (Å²) in [4.78, 5) is 27.7. The Bertz CT molecular complexity index is 1380. The van der Waals surface area contributed by atoms with Gasteiger partial charge in [-0.2, -0.15) is 0 Å². The first-order chi connectivity index (χ1) is 17.9. The molecule has 0 saturated carbocycles. The number of amides is 1. The molecule has 0 aliphatic heterocycles. The molecule has 0 fully saturated rings. The third-order valence-corrected chi connectivity index (χ3v) is 7.46. The van der Waals surface area contributed by atoms with Gasteiger partial charge in [0.05, 0.1) is 12.4 Å². The predicted octanol–water partition coefficient (Wildman–Crippen LogP) is 5.67. The lowest BCUT2D eigenvalue weighted by Gasteiger charge is -2.14. The first-order valence-electron chi connectivity index (χ1n) is 11.9. The Morgan fingerprint density at radius 1 is 1.05 bits per heavy atom. The van der Waals surface area contributed by atoms with Crippen LogP contribution in [0, 0.1) is 0 Å². The van der Waals surface area contributed by atoms with E-state index in [0.717, 1.165) is 28.2 Å². The molecular weight excluding hydrogens is 506 g/mol. The molecule has 2 heterocycles. The van der Waals surface area contributed by atoms with Crippen molar-refractivity contribution in [2.45, 2.75) is 25.5 Å². The highest BCUT2D eigenvalue weighted by Crippen LogP contribution is 2.36. The van der Waals surface area contributed by atoms with Crippen LogP contribution >= 0.6 is 23.1 Å². The minimum atomic E-state index is -0.458. The molecule has 0 radical (unpaired) electrons. The number of anilines is 2. The van der Waals surface area contributed by atoms with Crippen molar-refractivity contribution in [1.82, 2.24) is 14.8 Å². The second-order valence-corrected chi connectivity index (χ2v) is 10.1. The quantitative estimate of drug-likeness (QED) is 0.207. The molecule has 8 nitrogen and oxygen atoms in total. The highest BCUT2D eigenvalue weighted by atomic mass is 32.2. The van der Waals surface area contributed by atoms with Gasteiger partial charge in [0, 0.05) is 42.8 Å². The molecule has 37 heavy (non-hydrogen) atoms. The highest BCUT2D eigenvalue weighted by Gasteiger charge is 2.23. The molecule has 1 amide bonds. The van der Waals surface area contributed by atoms with Crippen LogP contribution in [-0.4, -0.2) is 53.1 Å². The van der Waals surface area contributed by atoms with Crippen LogP contribution in [0.1, 0.15) is 24.2 Å². The molecule has 4 aromatic rings. The summed E-state index contributed by atoms with van der Waals surface area (Å²) in [6.45, 7) is 4.70. The fraction of sp³-hybridized carbons (Fsp3) is 0.259. The molecule has 0 unspecified atom stereocenters. The largest absolute Gasteiger partial charge is 0.462 e. The predicted molar refractivity (Wildman–Crippen MR) is 151 cm³/mol. The van der Waals surface area contributed by atoms with Crippen molar-refractivity contribution in [1.29, 1.82) is 0 Å². The topological polar surface area (TPSA) is 89.3 Å². The summed E-state index contributed by atoms with van der Waals surface area (Å²) in [5.41, 5.74) is 4.03. The number of nitrogens with zero attached hydrogens (tertiary/aromatic N) is 4. The standard InChI is InChI=1S/C27H29N5O3S2/c1-5-32-24(19-13-10-14-20(15-19)31(3)4)29-30-27(32)37-17-22(33)28-25-23(26(34)35-6-2)21(16-36-25)18-11-8-7-9-12-18/h7-16H,5-6,17H2,1-4H3,(H,28,33). The van der Waals surface area contributed by atoms with E-state index in [9.17, 15) is 9.59 Å². The lowest BCUT2D eigenvalue weighted by atomic mass is 10.0. The average Bonchev–Trinajstić information content (AvgIpc) is 3.52. The summed E-state index contributed by atoms with van der Waals surface area (Å²) in [5, 5.41) is 14.6. The first kappa shape index (κ1) is 26.4. The molecule has 0 aliphatic rings. The summed E-state index contributed by atoms with van der Waals surface area (Å²) in [7, 11) is 3.99. The van der Waals surface area contributed by atoms with E-state index in [1.807, 2.05) is 84.4 Å². The van der Waals surface area contributed by atoms with Gasteiger partial charge < -0.3 is 19.5 Å². The number of carbonyl (C=O) groups excluding carboxylic acids is 2. The molecule has 192 valence electrons. The Hall–Kier alpha value is -3.63. The highest BCUT2D eigenvalue weighted by molar-refractivity contribution is 7.99. The van der Waals surface area contributed by atoms with Gasteiger partial charge in [0.2, 0.25) is 5.91 Å². The maximum absolute atomic E-state index is 12.9. The number of ether oxygens (including phenoxy) is 1. The fourth-order valence-electron chi connectivity index (χ4n) is 3.80. The van der Waals surface area contributed by atoms with Crippen molar-refractivity contribution in [3.05, 3.63) is 65.5 Å². The number of rotatable bonds is 10. The number of benzene rings is 2. The zero-order chi connectivity index (χ0) is 26.4. The SMILES string of the molecule is CCOC(=O)c1c(-c2ccccc2)csc1NC(=O)CSc1nnc(-c2cccc(N(C)C)c2)n1CC. The first-order valence-corrected chi connectivity index (χ1v) is 13.8. The molecule has 2 aromatic carbocycles. The Balaban J connectivity index is 1.51. The average molecular weight is 536 g/mol. The van der Waals surface area contributed by atoms with Crippen molar-refractivity contribution in [2.24, 2.45) is 0 Å². The Morgan fingerprint density at radius 2 is 1.81 bits per heavy atom. The van der Waals surface area contributed by atoms with Crippen LogP contribution in [0.5, 0.6) is 0 Å².